The first-order valence-electron chi connectivity index (χ1n) is 7.34. The van der Waals surface area contributed by atoms with Crippen LogP contribution in [0.3, 0.4) is 0 Å². The van der Waals surface area contributed by atoms with E-state index in [0.717, 1.165) is 17.3 Å². The molecule has 0 spiro atoms. The minimum Gasteiger partial charge on any atom is -0.383 e. The Labute approximate surface area is 120 Å². The second-order valence-electron chi connectivity index (χ2n) is 6.76. The lowest BCUT2D eigenvalue weighted by Crippen LogP contribution is -2.24. The molecule has 2 aromatic rings. The quantitative estimate of drug-likeness (QED) is 0.893. The summed E-state index contributed by atoms with van der Waals surface area (Å²) in [5.74, 6) is 2.46. The molecule has 0 bridgehead atoms. The van der Waals surface area contributed by atoms with Crippen molar-refractivity contribution in [1.82, 2.24) is 9.55 Å². The fraction of sp³-hybridized carbons (Fsp3) is 0.471. The fourth-order valence-electron chi connectivity index (χ4n) is 3.06. The summed E-state index contributed by atoms with van der Waals surface area (Å²) in [7, 11) is 0. The van der Waals surface area contributed by atoms with E-state index in [1.165, 1.54) is 24.0 Å². The molecule has 1 heterocycles. The summed E-state index contributed by atoms with van der Waals surface area (Å²) < 4.78 is 2.13. The minimum atomic E-state index is -0.0477. The molecule has 20 heavy (non-hydrogen) atoms. The Morgan fingerprint density at radius 1 is 1.20 bits per heavy atom. The maximum absolute atomic E-state index is 6.41. The van der Waals surface area contributed by atoms with Crippen LogP contribution in [-0.2, 0) is 5.54 Å². The Kier molecular flexibility index (Phi) is 2.89. The molecule has 3 rings (SSSR count). The van der Waals surface area contributed by atoms with Crippen molar-refractivity contribution >= 4 is 5.82 Å². The van der Waals surface area contributed by atoms with E-state index in [-0.39, 0.29) is 5.54 Å². The van der Waals surface area contributed by atoms with E-state index in [1.54, 1.807) is 0 Å². The minimum absolute atomic E-state index is 0.0477. The third-order valence-electron chi connectivity index (χ3n) is 3.98. The summed E-state index contributed by atoms with van der Waals surface area (Å²) in [4.78, 5) is 4.76. The van der Waals surface area contributed by atoms with Crippen molar-refractivity contribution in [2.75, 3.05) is 5.73 Å². The van der Waals surface area contributed by atoms with Crippen LogP contribution in [0.1, 0.15) is 50.9 Å². The van der Waals surface area contributed by atoms with Gasteiger partial charge in [-0.1, -0.05) is 24.3 Å². The summed E-state index contributed by atoms with van der Waals surface area (Å²) in [6.07, 6.45) is 2.58. The Balaban J connectivity index is 2.17. The molecule has 3 nitrogen and oxygen atoms in total. The van der Waals surface area contributed by atoms with Crippen LogP contribution in [-0.4, -0.2) is 9.55 Å². The number of imidazole rings is 1. The first kappa shape index (κ1) is 13.2. The van der Waals surface area contributed by atoms with E-state index >= 15 is 0 Å². The largest absolute Gasteiger partial charge is 0.383 e. The fourth-order valence-corrected chi connectivity index (χ4v) is 3.06. The summed E-state index contributed by atoms with van der Waals surface area (Å²) >= 11 is 0. The number of rotatable bonds is 2. The Morgan fingerprint density at radius 3 is 2.40 bits per heavy atom. The van der Waals surface area contributed by atoms with E-state index in [9.17, 15) is 0 Å². The maximum atomic E-state index is 6.41. The second kappa shape index (κ2) is 4.37. The zero-order chi connectivity index (χ0) is 14.5. The average molecular weight is 269 g/mol. The lowest BCUT2D eigenvalue weighted by atomic mass is 10.0. The molecule has 1 aromatic carbocycles. The number of aromatic nitrogens is 2. The number of nitrogens with zero attached hydrogens (tertiary/aromatic N) is 2. The van der Waals surface area contributed by atoms with Gasteiger partial charge in [-0.25, -0.2) is 4.98 Å². The summed E-state index contributed by atoms with van der Waals surface area (Å²) in [5.41, 5.74) is 9.92. The normalized spacial score (nSPS) is 15.6. The van der Waals surface area contributed by atoms with Crippen LogP contribution in [0.25, 0.3) is 11.3 Å². The van der Waals surface area contributed by atoms with E-state index in [4.69, 9.17) is 10.7 Å². The van der Waals surface area contributed by atoms with Crippen molar-refractivity contribution < 1.29 is 0 Å². The Hall–Kier alpha value is -1.77. The zero-order valence-corrected chi connectivity index (χ0v) is 12.8. The van der Waals surface area contributed by atoms with Crippen molar-refractivity contribution in [1.29, 1.82) is 0 Å². The first-order chi connectivity index (χ1) is 9.39. The first-order valence-corrected chi connectivity index (χ1v) is 7.34. The number of nitrogen functional groups attached to an aromatic ring is 1. The number of anilines is 1. The van der Waals surface area contributed by atoms with Crippen molar-refractivity contribution in [2.45, 2.75) is 52.0 Å². The lowest BCUT2D eigenvalue weighted by Gasteiger charge is -2.24. The number of hydrogen-bond acceptors (Lipinski definition) is 2. The topological polar surface area (TPSA) is 43.8 Å². The van der Waals surface area contributed by atoms with E-state index in [1.807, 2.05) is 6.92 Å². The van der Waals surface area contributed by atoms with Gasteiger partial charge in [0.25, 0.3) is 0 Å². The van der Waals surface area contributed by atoms with Crippen LogP contribution >= 0.6 is 0 Å². The van der Waals surface area contributed by atoms with Crippen molar-refractivity contribution in [3.8, 4) is 11.3 Å². The number of hydrogen-bond donors (Lipinski definition) is 1. The predicted molar refractivity (Wildman–Crippen MR) is 83.8 cm³/mol. The molecular weight excluding hydrogens is 246 g/mol. The second-order valence-corrected chi connectivity index (χ2v) is 6.76. The van der Waals surface area contributed by atoms with Crippen molar-refractivity contribution in [2.24, 2.45) is 0 Å². The highest BCUT2D eigenvalue weighted by Crippen LogP contribution is 2.45. The highest BCUT2D eigenvalue weighted by molar-refractivity contribution is 5.75. The SMILES string of the molecule is Cc1nc(-c2ccccc2C2CC2)c(N)n1C(C)(C)C. The zero-order valence-electron chi connectivity index (χ0n) is 12.8. The molecule has 3 heteroatoms. The lowest BCUT2D eigenvalue weighted by molar-refractivity contribution is 0.393. The molecule has 0 unspecified atom stereocenters. The van der Waals surface area contributed by atoms with Crippen LogP contribution in [0, 0.1) is 6.92 Å². The van der Waals surface area contributed by atoms with E-state index in [2.05, 4.69) is 49.6 Å². The molecule has 0 amide bonds. The molecule has 1 aromatic heterocycles. The van der Waals surface area contributed by atoms with Gasteiger partial charge in [-0.3, -0.25) is 0 Å². The number of aryl methyl sites for hydroxylation is 1. The molecule has 106 valence electrons. The monoisotopic (exact) mass is 269 g/mol. The van der Waals surface area contributed by atoms with Gasteiger partial charge in [-0.2, -0.15) is 0 Å². The maximum Gasteiger partial charge on any atom is 0.132 e. The van der Waals surface area contributed by atoms with E-state index < -0.39 is 0 Å². The molecule has 0 atom stereocenters. The number of benzene rings is 1. The predicted octanol–water partition coefficient (Wildman–Crippen LogP) is 4.07. The third-order valence-corrected chi connectivity index (χ3v) is 3.98. The molecule has 1 saturated carbocycles. The Bertz CT molecular complexity index is 643. The van der Waals surface area contributed by atoms with Crippen LogP contribution in [0.2, 0.25) is 0 Å². The van der Waals surface area contributed by atoms with Crippen molar-refractivity contribution in [3.63, 3.8) is 0 Å². The van der Waals surface area contributed by atoms with Crippen LogP contribution in [0.5, 0.6) is 0 Å². The van der Waals surface area contributed by atoms with Gasteiger partial charge < -0.3 is 10.3 Å². The van der Waals surface area contributed by atoms with Crippen LogP contribution < -0.4 is 5.73 Å². The van der Waals surface area contributed by atoms with Gasteiger partial charge in [0.05, 0.1) is 0 Å². The molecule has 1 fully saturated rings. The average Bonchev–Trinajstić information content (AvgIpc) is 3.14. The summed E-state index contributed by atoms with van der Waals surface area (Å²) in [5, 5.41) is 0. The molecule has 0 aliphatic heterocycles. The smallest absolute Gasteiger partial charge is 0.132 e. The van der Waals surface area contributed by atoms with Gasteiger partial charge in [-0.05, 0) is 52.0 Å². The highest BCUT2D eigenvalue weighted by Gasteiger charge is 2.29. The van der Waals surface area contributed by atoms with Gasteiger partial charge in [-0.15, -0.1) is 0 Å². The van der Waals surface area contributed by atoms with Gasteiger partial charge >= 0.3 is 0 Å². The molecular formula is C17H23N3. The highest BCUT2D eigenvalue weighted by atomic mass is 15.2. The van der Waals surface area contributed by atoms with Gasteiger partial charge in [0, 0.05) is 11.1 Å². The van der Waals surface area contributed by atoms with Crippen molar-refractivity contribution in [3.05, 3.63) is 35.7 Å². The molecule has 1 aliphatic carbocycles. The molecule has 2 N–H and O–H groups in total. The van der Waals surface area contributed by atoms with Crippen LogP contribution in [0.15, 0.2) is 24.3 Å². The third kappa shape index (κ3) is 2.11. The molecule has 0 radical (unpaired) electrons. The van der Waals surface area contributed by atoms with E-state index in [0.29, 0.717) is 5.92 Å². The van der Waals surface area contributed by atoms with Gasteiger partial charge in [0.2, 0.25) is 0 Å². The van der Waals surface area contributed by atoms with Crippen LogP contribution in [0.4, 0.5) is 5.82 Å². The molecule has 0 saturated heterocycles. The van der Waals surface area contributed by atoms with Gasteiger partial charge in [0.15, 0.2) is 0 Å². The Morgan fingerprint density at radius 2 is 1.85 bits per heavy atom. The summed E-state index contributed by atoms with van der Waals surface area (Å²) in [6.45, 7) is 8.52. The number of nitrogens with two attached hydrogens (primary N) is 1. The molecule has 1 aliphatic rings. The van der Waals surface area contributed by atoms with Gasteiger partial charge in [0.1, 0.15) is 17.3 Å². The summed E-state index contributed by atoms with van der Waals surface area (Å²) in [6, 6.07) is 8.56. The standard InChI is InChI=1S/C17H23N3/c1-11-19-15(16(18)20(11)17(2,3)4)14-8-6-5-7-13(14)12-9-10-12/h5-8,12H,9-10,18H2,1-4H3.